The van der Waals surface area contributed by atoms with Crippen LogP contribution in [0.15, 0.2) is 54.9 Å². The second kappa shape index (κ2) is 8.49. The molecule has 0 radical (unpaired) electrons. The number of piperazine rings is 1. The topological polar surface area (TPSA) is 90.3 Å². The predicted molar refractivity (Wildman–Crippen MR) is 122 cm³/mol. The molecule has 1 fully saturated rings. The van der Waals surface area contributed by atoms with E-state index in [4.69, 9.17) is 5.73 Å². The van der Waals surface area contributed by atoms with Gasteiger partial charge in [0.05, 0.1) is 11.3 Å². The maximum absolute atomic E-state index is 13.0. The zero-order chi connectivity index (χ0) is 21.1. The smallest absolute Gasteiger partial charge is 0.255 e. The molecule has 1 amide bonds. The van der Waals surface area contributed by atoms with E-state index in [1.54, 1.807) is 6.20 Å². The number of pyridine rings is 1. The van der Waals surface area contributed by atoms with Crippen LogP contribution in [0.2, 0.25) is 0 Å². The van der Waals surface area contributed by atoms with E-state index in [1.165, 1.54) is 0 Å². The largest absolute Gasteiger partial charge is 0.399 e. The van der Waals surface area contributed by atoms with E-state index in [-0.39, 0.29) is 5.91 Å². The first-order chi connectivity index (χ1) is 14.5. The molecule has 7 heteroatoms. The van der Waals surface area contributed by atoms with Gasteiger partial charge in [0.2, 0.25) is 0 Å². The number of aromatic nitrogens is 2. The summed E-state index contributed by atoms with van der Waals surface area (Å²) in [7, 11) is 0. The molecule has 1 aliphatic rings. The Morgan fingerprint density at radius 3 is 2.67 bits per heavy atom. The fraction of sp³-hybridized carbons (Fsp3) is 0.304. The van der Waals surface area contributed by atoms with Crippen LogP contribution < -0.4 is 16.0 Å². The zero-order valence-electron chi connectivity index (χ0n) is 17.4. The molecule has 0 spiro atoms. The first-order valence-electron chi connectivity index (χ1n) is 10.3. The van der Waals surface area contributed by atoms with Gasteiger partial charge < -0.3 is 25.8 Å². The number of nitrogens with zero attached hydrogens (tertiary/aromatic N) is 3. The first kappa shape index (κ1) is 19.8. The Morgan fingerprint density at radius 2 is 1.93 bits per heavy atom. The van der Waals surface area contributed by atoms with E-state index in [9.17, 15) is 4.79 Å². The standard InChI is InChI=1S/C23H28N6O/c1-16(2)27-20-7-4-8-25-22(20)28-9-11-29(12-10-28)23(30)18-14-21(26-15-18)17-5-3-6-19(24)13-17/h3-8,13-16,26-27H,9-12,24H2,1-2H3. The molecule has 0 bridgehead atoms. The van der Waals surface area contributed by atoms with Gasteiger partial charge in [0.15, 0.2) is 5.82 Å². The highest BCUT2D eigenvalue weighted by molar-refractivity contribution is 5.95. The van der Waals surface area contributed by atoms with E-state index in [2.05, 4.69) is 40.1 Å². The molecule has 7 nitrogen and oxygen atoms in total. The lowest BCUT2D eigenvalue weighted by Gasteiger charge is -2.36. The fourth-order valence-corrected chi connectivity index (χ4v) is 3.77. The van der Waals surface area contributed by atoms with Crippen LogP contribution in [0.1, 0.15) is 24.2 Å². The van der Waals surface area contributed by atoms with Crippen molar-refractivity contribution in [2.45, 2.75) is 19.9 Å². The monoisotopic (exact) mass is 404 g/mol. The van der Waals surface area contributed by atoms with Crippen molar-refractivity contribution < 1.29 is 4.79 Å². The molecule has 0 aliphatic carbocycles. The normalized spacial score (nSPS) is 14.2. The Labute approximate surface area is 176 Å². The number of hydrogen-bond donors (Lipinski definition) is 3. The van der Waals surface area contributed by atoms with Crippen LogP contribution in [0.5, 0.6) is 0 Å². The van der Waals surface area contributed by atoms with Gasteiger partial charge in [-0.3, -0.25) is 4.79 Å². The van der Waals surface area contributed by atoms with Crippen LogP contribution >= 0.6 is 0 Å². The molecule has 156 valence electrons. The van der Waals surface area contributed by atoms with Gasteiger partial charge in [-0.25, -0.2) is 4.98 Å². The SMILES string of the molecule is CC(C)Nc1cccnc1N1CCN(C(=O)c2c[nH]c(-c3cccc(N)c3)c2)CC1. The van der Waals surface area contributed by atoms with Crippen molar-refractivity contribution in [2.75, 3.05) is 42.1 Å². The Kier molecular flexibility index (Phi) is 5.61. The van der Waals surface area contributed by atoms with Gasteiger partial charge in [-0.1, -0.05) is 12.1 Å². The summed E-state index contributed by atoms with van der Waals surface area (Å²) in [6.45, 7) is 7.05. The summed E-state index contributed by atoms with van der Waals surface area (Å²) < 4.78 is 0. The third kappa shape index (κ3) is 4.25. The average molecular weight is 405 g/mol. The van der Waals surface area contributed by atoms with Gasteiger partial charge in [-0.15, -0.1) is 0 Å². The Balaban J connectivity index is 1.42. The second-order valence-electron chi connectivity index (χ2n) is 7.88. The molecule has 1 saturated heterocycles. The molecule has 0 atom stereocenters. The fourth-order valence-electron chi connectivity index (χ4n) is 3.77. The number of rotatable bonds is 5. The number of aromatic amines is 1. The molecule has 3 aromatic rings. The van der Waals surface area contributed by atoms with Crippen LogP contribution in [0, 0.1) is 0 Å². The maximum atomic E-state index is 13.0. The summed E-state index contributed by atoms with van der Waals surface area (Å²) in [4.78, 5) is 24.9. The minimum Gasteiger partial charge on any atom is -0.399 e. The van der Waals surface area contributed by atoms with Gasteiger partial charge in [-0.05, 0) is 49.7 Å². The lowest BCUT2D eigenvalue weighted by Crippen LogP contribution is -2.49. The Hall–Kier alpha value is -3.48. The second-order valence-corrected chi connectivity index (χ2v) is 7.88. The number of nitrogens with one attached hydrogen (secondary N) is 2. The number of H-pyrrole nitrogens is 1. The summed E-state index contributed by atoms with van der Waals surface area (Å²) in [6, 6.07) is 13.9. The number of nitrogens with two attached hydrogens (primary N) is 1. The van der Waals surface area contributed by atoms with E-state index in [1.807, 2.05) is 47.5 Å². The molecule has 4 N–H and O–H groups in total. The summed E-state index contributed by atoms with van der Waals surface area (Å²) in [5, 5.41) is 3.45. The predicted octanol–water partition coefficient (Wildman–Crippen LogP) is 3.44. The molecule has 1 aliphatic heterocycles. The number of carbonyl (C=O) groups is 1. The van der Waals surface area contributed by atoms with Crippen LogP contribution in [0.4, 0.5) is 17.2 Å². The van der Waals surface area contributed by atoms with Crippen molar-refractivity contribution >= 4 is 23.1 Å². The molecule has 30 heavy (non-hydrogen) atoms. The Bertz CT molecular complexity index is 1020. The molecular formula is C23H28N6O. The quantitative estimate of drug-likeness (QED) is 0.567. The molecule has 1 aromatic carbocycles. The number of benzene rings is 1. The van der Waals surface area contributed by atoms with E-state index in [0.717, 1.165) is 35.9 Å². The Morgan fingerprint density at radius 1 is 1.13 bits per heavy atom. The third-order valence-electron chi connectivity index (χ3n) is 5.22. The number of carbonyl (C=O) groups excluding carboxylic acids is 1. The minimum absolute atomic E-state index is 0.0441. The summed E-state index contributed by atoms with van der Waals surface area (Å²) in [6.07, 6.45) is 3.59. The van der Waals surface area contributed by atoms with E-state index >= 15 is 0 Å². The van der Waals surface area contributed by atoms with E-state index < -0.39 is 0 Å². The highest BCUT2D eigenvalue weighted by Gasteiger charge is 2.25. The lowest BCUT2D eigenvalue weighted by molar-refractivity contribution is 0.0747. The molecule has 4 rings (SSSR count). The van der Waals surface area contributed by atoms with Gasteiger partial charge in [0, 0.05) is 56.0 Å². The van der Waals surface area contributed by atoms with Crippen LogP contribution in [-0.2, 0) is 0 Å². The summed E-state index contributed by atoms with van der Waals surface area (Å²) in [5.74, 6) is 0.992. The maximum Gasteiger partial charge on any atom is 0.255 e. The van der Waals surface area contributed by atoms with Crippen LogP contribution in [0.3, 0.4) is 0 Å². The van der Waals surface area contributed by atoms with Crippen molar-refractivity contribution in [1.29, 1.82) is 0 Å². The minimum atomic E-state index is 0.0441. The van der Waals surface area contributed by atoms with Crippen molar-refractivity contribution in [3.63, 3.8) is 0 Å². The van der Waals surface area contributed by atoms with Crippen molar-refractivity contribution in [1.82, 2.24) is 14.9 Å². The summed E-state index contributed by atoms with van der Waals surface area (Å²) in [5.41, 5.74) is 10.1. The van der Waals surface area contributed by atoms with Crippen molar-refractivity contribution in [3.8, 4) is 11.3 Å². The van der Waals surface area contributed by atoms with Crippen molar-refractivity contribution in [3.05, 3.63) is 60.4 Å². The molecule has 3 heterocycles. The highest BCUT2D eigenvalue weighted by Crippen LogP contribution is 2.26. The van der Waals surface area contributed by atoms with Crippen LogP contribution in [0.25, 0.3) is 11.3 Å². The van der Waals surface area contributed by atoms with Gasteiger partial charge in [-0.2, -0.15) is 0 Å². The molecule has 0 unspecified atom stereocenters. The number of amides is 1. The van der Waals surface area contributed by atoms with Crippen molar-refractivity contribution in [2.24, 2.45) is 0 Å². The van der Waals surface area contributed by atoms with E-state index in [0.29, 0.717) is 30.4 Å². The summed E-state index contributed by atoms with van der Waals surface area (Å²) >= 11 is 0. The van der Waals surface area contributed by atoms with Gasteiger partial charge in [0.1, 0.15) is 0 Å². The first-order valence-corrected chi connectivity index (χ1v) is 10.3. The van der Waals surface area contributed by atoms with Gasteiger partial charge >= 0.3 is 0 Å². The van der Waals surface area contributed by atoms with Crippen LogP contribution in [-0.4, -0.2) is 53.0 Å². The lowest BCUT2D eigenvalue weighted by atomic mass is 10.1. The average Bonchev–Trinajstić information content (AvgIpc) is 3.24. The third-order valence-corrected chi connectivity index (χ3v) is 5.22. The number of nitrogen functional groups attached to an aromatic ring is 1. The number of anilines is 3. The molecule has 2 aromatic heterocycles. The zero-order valence-corrected chi connectivity index (χ0v) is 17.4. The molecule has 0 saturated carbocycles. The van der Waals surface area contributed by atoms with Gasteiger partial charge in [0.25, 0.3) is 5.91 Å². The highest BCUT2D eigenvalue weighted by atomic mass is 16.2. The molecular weight excluding hydrogens is 376 g/mol. The number of hydrogen-bond acceptors (Lipinski definition) is 5.